The van der Waals surface area contributed by atoms with Crippen molar-refractivity contribution in [2.45, 2.75) is 13.8 Å². The molecule has 0 aliphatic carbocycles. The minimum Gasteiger partial charge on any atom is -0.385 e. The van der Waals surface area contributed by atoms with Gasteiger partial charge in [0.25, 0.3) is 0 Å². The van der Waals surface area contributed by atoms with E-state index in [2.05, 4.69) is 15.4 Å². The second-order valence-corrected chi connectivity index (χ2v) is 3.46. The molecule has 0 saturated heterocycles. The molecule has 0 spiro atoms. The summed E-state index contributed by atoms with van der Waals surface area (Å²) in [4.78, 5) is 4.33. The van der Waals surface area contributed by atoms with Crippen molar-refractivity contribution in [3.8, 4) is 5.82 Å². The molecule has 0 atom stereocenters. The van der Waals surface area contributed by atoms with Gasteiger partial charge in [-0.25, -0.2) is 9.67 Å². The zero-order chi connectivity index (χ0) is 10.8. The van der Waals surface area contributed by atoms with Gasteiger partial charge < -0.3 is 5.32 Å². The predicted octanol–water partition coefficient (Wildman–Crippen LogP) is 1.93. The Balaban J connectivity index is 2.58. The highest BCUT2D eigenvalue weighted by Crippen LogP contribution is 2.17. The average molecular weight is 202 g/mol. The van der Waals surface area contributed by atoms with Gasteiger partial charge in [-0.3, -0.25) is 0 Å². The molecule has 0 aliphatic heterocycles. The molecule has 4 heteroatoms. The molecule has 78 valence electrons. The number of pyridine rings is 1. The summed E-state index contributed by atoms with van der Waals surface area (Å²) in [6.45, 7) is 4.00. The number of aryl methyl sites for hydroxylation is 2. The van der Waals surface area contributed by atoms with Gasteiger partial charge >= 0.3 is 0 Å². The summed E-state index contributed by atoms with van der Waals surface area (Å²) in [5, 5.41) is 7.51. The molecule has 0 aliphatic rings. The van der Waals surface area contributed by atoms with Crippen LogP contribution in [-0.4, -0.2) is 21.8 Å². The van der Waals surface area contributed by atoms with E-state index in [1.54, 1.807) is 6.20 Å². The number of aromatic nitrogens is 3. The van der Waals surface area contributed by atoms with Gasteiger partial charge in [0.1, 0.15) is 0 Å². The van der Waals surface area contributed by atoms with Crippen molar-refractivity contribution in [2.24, 2.45) is 0 Å². The molecule has 2 heterocycles. The van der Waals surface area contributed by atoms with Crippen molar-refractivity contribution >= 4 is 5.69 Å². The summed E-state index contributed by atoms with van der Waals surface area (Å²) in [5.74, 6) is 0.839. The zero-order valence-corrected chi connectivity index (χ0v) is 9.15. The maximum absolute atomic E-state index is 4.40. The number of nitrogens with one attached hydrogen (secondary N) is 1. The highest BCUT2D eigenvalue weighted by molar-refractivity contribution is 5.56. The third kappa shape index (κ3) is 1.70. The molecule has 2 aromatic rings. The van der Waals surface area contributed by atoms with Crippen LogP contribution in [0.4, 0.5) is 5.69 Å². The van der Waals surface area contributed by atoms with Crippen LogP contribution in [-0.2, 0) is 0 Å². The van der Waals surface area contributed by atoms with Crippen LogP contribution in [0.3, 0.4) is 0 Å². The molecule has 0 fully saturated rings. The Morgan fingerprint density at radius 3 is 2.73 bits per heavy atom. The molecule has 15 heavy (non-hydrogen) atoms. The Bertz CT molecular complexity index is 473. The molecular weight excluding hydrogens is 188 g/mol. The second kappa shape index (κ2) is 3.73. The molecule has 0 unspecified atom stereocenters. The van der Waals surface area contributed by atoms with Gasteiger partial charge in [0.05, 0.1) is 11.4 Å². The van der Waals surface area contributed by atoms with Crippen LogP contribution in [0.2, 0.25) is 0 Å². The van der Waals surface area contributed by atoms with Crippen LogP contribution >= 0.6 is 0 Å². The summed E-state index contributed by atoms with van der Waals surface area (Å²) >= 11 is 0. The summed E-state index contributed by atoms with van der Waals surface area (Å²) in [7, 11) is 1.88. The molecule has 2 rings (SSSR count). The smallest absolute Gasteiger partial charge is 0.177 e. The number of anilines is 1. The van der Waals surface area contributed by atoms with Crippen LogP contribution in [0.1, 0.15) is 11.4 Å². The van der Waals surface area contributed by atoms with E-state index in [9.17, 15) is 0 Å². The lowest BCUT2D eigenvalue weighted by atomic mass is 10.3. The van der Waals surface area contributed by atoms with Crippen LogP contribution < -0.4 is 5.32 Å². The van der Waals surface area contributed by atoms with Crippen molar-refractivity contribution in [1.29, 1.82) is 0 Å². The lowest BCUT2D eigenvalue weighted by Crippen LogP contribution is -2.05. The topological polar surface area (TPSA) is 42.7 Å². The van der Waals surface area contributed by atoms with Crippen molar-refractivity contribution in [3.63, 3.8) is 0 Å². The maximum atomic E-state index is 4.40. The van der Waals surface area contributed by atoms with Gasteiger partial charge in [-0.15, -0.1) is 0 Å². The number of rotatable bonds is 2. The van der Waals surface area contributed by atoms with Gasteiger partial charge in [0.15, 0.2) is 5.82 Å². The molecule has 0 amide bonds. The van der Waals surface area contributed by atoms with Crippen LogP contribution in [0, 0.1) is 13.8 Å². The van der Waals surface area contributed by atoms with Gasteiger partial charge in [-0.1, -0.05) is 0 Å². The summed E-state index contributed by atoms with van der Waals surface area (Å²) in [6, 6.07) is 5.92. The number of hydrogen-bond donors (Lipinski definition) is 1. The Morgan fingerprint density at radius 1 is 1.33 bits per heavy atom. The van der Waals surface area contributed by atoms with Gasteiger partial charge in [-0.05, 0) is 32.0 Å². The molecule has 4 nitrogen and oxygen atoms in total. The summed E-state index contributed by atoms with van der Waals surface area (Å²) < 4.78 is 1.85. The van der Waals surface area contributed by atoms with Crippen LogP contribution in [0.15, 0.2) is 24.4 Å². The quantitative estimate of drug-likeness (QED) is 0.809. The molecule has 0 aromatic carbocycles. The largest absolute Gasteiger partial charge is 0.385 e. The monoisotopic (exact) mass is 202 g/mol. The SMILES string of the molecule is CNc1cccnc1-n1nc(C)cc1C. The Morgan fingerprint density at radius 2 is 2.13 bits per heavy atom. The van der Waals surface area contributed by atoms with Crippen molar-refractivity contribution in [2.75, 3.05) is 12.4 Å². The maximum Gasteiger partial charge on any atom is 0.177 e. The summed E-state index contributed by atoms with van der Waals surface area (Å²) in [5.41, 5.74) is 3.06. The Hall–Kier alpha value is -1.84. The van der Waals surface area contributed by atoms with E-state index >= 15 is 0 Å². The Labute approximate surface area is 89.0 Å². The zero-order valence-electron chi connectivity index (χ0n) is 9.15. The highest BCUT2D eigenvalue weighted by atomic mass is 15.3. The fraction of sp³-hybridized carbons (Fsp3) is 0.273. The first-order valence-electron chi connectivity index (χ1n) is 4.89. The molecular formula is C11H14N4. The standard InChI is InChI=1S/C11H14N4/c1-8-7-9(2)15(14-8)11-10(12-3)5-4-6-13-11/h4-7,12H,1-3H3. The minimum absolute atomic E-state index is 0.839. The second-order valence-electron chi connectivity index (χ2n) is 3.46. The lowest BCUT2D eigenvalue weighted by Gasteiger charge is -2.08. The molecule has 0 bridgehead atoms. The first-order chi connectivity index (χ1) is 7.22. The van der Waals surface area contributed by atoms with Crippen molar-refractivity contribution in [1.82, 2.24) is 14.8 Å². The first kappa shape index (κ1) is 9.71. The molecule has 0 saturated carbocycles. The van der Waals surface area contributed by atoms with E-state index in [1.165, 1.54) is 0 Å². The van der Waals surface area contributed by atoms with E-state index in [4.69, 9.17) is 0 Å². The van der Waals surface area contributed by atoms with E-state index in [0.29, 0.717) is 0 Å². The molecule has 1 N–H and O–H groups in total. The van der Waals surface area contributed by atoms with E-state index < -0.39 is 0 Å². The predicted molar refractivity (Wildman–Crippen MR) is 60.4 cm³/mol. The first-order valence-corrected chi connectivity index (χ1v) is 4.89. The number of hydrogen-bond acceptors (Lipinski definition) is 3. The lowest BCUT2D eigenvalue weighted by molar-refractivity contribution is 0.807. The molecule has 2 aromatic heterocycles. The normalized spacial score (nSPS) is 10.3. The van der Waals surface area contributed by atoms with E-state index in [1.807, 2.05) is 43.8 Å². The van der Waals surface area contributed by atoms with E-state index in [-0.39, 0.29) is 0 Å². The molecule has 0 radical (unpaired) electrons. The Kier molecular flexibility index (Phi) is 2.41. The van der Waals surface area contributed by atoms with E-state index in [0.717, 1.165) is 22.9 Å². The highest BCUT2D eigenvalue weighted by Gasteiger charge is 2.08. The van der Waals surface area contributed by atoms with Gasteiger partial charge in [0.2, 0.25) is 0 Å². The summed E-state index contributed by atoms with van der Waals surface area (Å²) in [6.07, 6.45) is 1.77. The van der Waals surface area contributed by atoms with Gasteiger partial charge in [-0.2, -0.15) is 5.10 Å². The third-order valence-electron chi connectivity index (χ3n) is 2.27. The third-order valence-corrected chi connectivity index (χ3v) is 2.27. The number of nitrogens with zero attached hydrogens (tertiary/aromatic N) is 3. The fourth-order valence-electron chi connectivity index (χ4n) is 1.60. The minimum atomic E-state index is 0.839. The van der Waals surface area contributed by atoms with Crippen LogP contribution in [0.25, 0.3) is 5.82 Å². The van der Waals surface area contributed by atoms with Gasteiger partial charge in [0, 0.05) is 18.9 Å². The van der Waals surface area contributed by atoms with Crippen LogP contribution in [0.5, 0.6) is 0 Å². The fourth-order valence-corrected chi connectivity index (χ4v) is 1.60. The average Bonchev–Trinajstić information content (AvgIpc) is 2.57. The van der Waals surface area contributed by atoms with Crippen molar-refractivity contribution in [3.05, 3.63) is 35.8 Å². The van der Waals surface area contributed by atoms with Crippen molar-refractivity contribution < 1.29 is 0 Å².